The Kier molecular flexibility index (Phi) is 5.71. The molecule has 0 unspecified atom stereocenters. The molecule has 2 rings (SSSR count). The lowest BCUT2D eigenvalue weighted by atomic mass is 9.70. The fourth-order valence-electron chi connectivity index (χ4n) is 3.64. The van der Waals surface area contributed by atoms with Gasteiger partial charge in [0.1, 0.15) is 5.75 Å². The Hall–Kier alpha value is -2.10. The lowest BCUT2D eigenvalue weighted by molar-refractivity contribution is -0.130. The molecule has 0 heterocycles. The Morgan fingerprint density at radius 3 is 2.28 bits per heavy atom. The molecule has 1 saturated carbocycles. The van der Waals surface area contributed by atoms with Gasteiger partial charge in [-0.05, 0) is 48.8 Å². The van der Waals surface area contributed by atoms with Gasteiger partial charge in [-0.2, -0.15) is 0 Å². The maximum absolute atomic E-state index is 12.1. The first-order valence-corrected chi connectivity index (χ1v) is 8.95. The van der Waals surface area contributed by atoms with E-state index in [1.54, 1.807) is 13.0 Å². The van der Waals surface area contributed by atoms with Crippen LogP contribution >= 0.6 is 0 Å². The monoisotopic (exact) mass is 344 g/mol. The van der Waals surface area contributed by atoms with E-state index >= 15 is 0 Å². The number of hydrogen-bond donors (Lipinski definition) is 1. The van der Waals surface area contributed by atoms with Crippen molar-refractivity contribution in [1.82, 2.24) is 0 Å². The quantitative estimate of drug-likeness (QED) is 0.452. The number of hydrogen-bond acceptors (Lipinski definition) is 3. The lowest BCUT2D eigenvalue weighted by Crippen LogP contribution is -2.26. The number of carboxylic acid groups (broad SMARTS) is 1. The first-order valence-electron chi connectivity index (χ1n) is 8.95. The van der Waals surface area contributed by atoms with Crippen LogP contribution in [-0.2, 0) is 10.2 Å². The van der Waals surface area contributed by atoms with Gasteiger partial charge in [0, 0.05) is 11.1 Å². The third kappa shape index (κ3) is 4.12. The van der Waals surface area contributed by atoms with Crippen molar-refractivity contribution >= 4 is 11.9 Å². The molecule has 0 saturated heterocycles. The second-order valence-electron chi connectivity index (χ2n) is 7.69. The van der Waals surface area contributed by atoms with Crippen molar-refractivity contribution in [2.75, 3.05) is 0 Å². The van der Waals surface area contributed by atoms with Crippen LogP contribution in [0.5, 0.6) is 5.75 Å². The maximum Gasteiger partial charge on any atom is 0.338 e. The minimum atomic E-state index is -0.988. The van der Waals surface area contributed by atoms with Crippen LogP contribution in [0.2, 0.25) is 0 Å². The van der Waals surface area contributed by atoms with Crippen LogP contribution in [0.4, 0.5) is 0 Å². The van der Waals surface area contributed by atoms with Crippen molar-refractivity contribution in [1.29, 1.82) is 0 Å². The highest BCUT2D eigenvalue weighted by molar-refractivity contribution is 5.93. The number of carbonyl (C=O) groups is 2. The third-order valence-electron chi connectivity index (χ3n) is 5.15. The van der Waals surface area contributed by atoms with E-state index in [1.165, 1.54) is 6.42 Å². The minimum Gasteiger partial charge on any atom is -0.478 e. The number of carbonyl (C=O) groups excluding carboxylic acids is 1. The number of ether oxygens (including phenoxy) is 1. The Labute approximate surface area is 149 Å². The summed E-state index contributed by atoms with van der Waals surface area (Å²) in [7, 11) is 0. The van der Waals surface area contributed by atoms with Gasteiger partial charge in [0.25, 0.3) is 0 Å². The van der Waals surface area contributed by atoms with E-state index in [1.807, 2.05) is 19.9 Å². The molecule has 1 aliphatic rings. The molecule has 1 aromatic carbocycles. The molecule has 4 nitrogen and oxygen atoms in total. The minimum absolute atomic E-state index is 0.0766. The number of benzene rings is 1. The molecule has 136 valence electrons. The van der Waals surface area contributed by atoms with Crippen LogP contribution in [0.15, 0.2) is 24.3 Å². The van der Waals surface area contributed by atoms with Gasteiger partial charge in [0.05, 0.1) is 5.56 Å². The molecule has 1 aromatic rings. The molecule has 0 amide bonds. The SMILES string of the molecule is C=C(C)C(=O)Oc1cc(C2(C)CCCCC2)cc(C(=O)O)c1C(C)C. The molecule has 25 heavy (non-hydrogen) atoms. The van der Waals surface area contributed by atoms with E-state index in [0.717, 1.165) is 31.2 Å². The summed E-state index contributed by atoms with van der Waals surface area (Å²) < 4.78 is 5.53. The van der Waals surface area contributed by atoms with Gasteiger partial charge in [0.2, 0.25) is 0 Å². The van der Waals surface area contributed by atoms with E-state index in [0.29, 0.717) is 16.9 Å². The third-order valence-corrected chi connectivity index (χ3v) is 5.15. The molecule has 0 aliphatic heterocycles. The molecule has 0 atom stereocenters. The van der Waals surface area contributed by atoms with Crippen molar-refractivity contribution in [3.63, 3.8) is 0 Å². The number of carboxylic acids is 1. The molecule has 0 aromatic heterocycles. The smallest absolute Gasteiger partial charge is 0.338 e. The Morgan fingerprint density at radius 2 is 1.80 bits per heavy atom. The van der Waals surface area contributed by atoms with E-state index in [2.05, 4.69) is 13.5 Å². The average molecular weight is 344 g/mol. The fourth-order valence-corrected chi connectivity index (χ4v) is 3.64. The highest BCUT2D eigenvalue weighted by Gasteiger charge is 2.32. The van der Waals surface area contributed by atoms with Crippen LogP contribution < -0.4 is 4.74 Å². The second kappa shape index (κ2) is 7.42. The predicted molar refractivity (Wildman–Crippen MR) is 98.4 cm³/mol. The van der Waals surface area contributed by atoms with Crippen molar-refractivity contribution in [3.05, 3.63) is 41.0 Å². The molecular formula is C21H28O4. The molecule has 0 radical (unpaired) electrons. The molecule has 0 spiro atoms. The second-order valence-corrected chi connectivity index (χ2v) is 7.69. The van der Waals surface area contributed by atoms with Gasteiger partial charge >= 0.3 is 11.9 Å². The van der Waals surface area contributed by atoms with Crippen LogP contribution in [0.1, 0.15) is 87.2 Å². The van der Waals surface area contributed by atoms with Crippen molar-refractivity contribution in [2.45, 2.75) is 71.1 Å². The van der Waals surface area contributed by atoms with Gasteiger partial charge in [0.15, 0.2) is 0 Å². The zero-order valence-electron chi connectivity index (χ0n) is 15.6. The highest BCUT2D eigenvalue weighted by Crippen LogP contribution is 2.43. The summed E-state index contributed by atoms with van der Waals surface area (Å²) in [6.45, 7) is 11.2. The lowest BCUT2D eigenvalue weighted by Gasteiger charge is -2.35. The van der Waals surface area contributed by atoms with Gasteiger partial charge < -0.3 is 9.84 Å². The molecule has 1 fully saturated rings. The Bertz CT molecular complexity index is 694. The normalized spacial score (nSPS) is 16.5. The first kappa shape index (κ1) is 19.2. The summed E-state index contributed by atoms with van der Waals surface area (Å²) in [4.78, 5) is 23.9. The van der Waals surface area contributed by atoms with Gasteiger partial charge in [-0.3, -0.25) is 0 Å². The van der Waals surface area contributed by atoms with E-state index in [4.69, 9.17) is 4.74 Å². The van der Waals surface area contributed by atoms with Crippen molar-refractivity contribution < 1.29 is 19.4 Å². The summed E-state index contributed by atoms with van der Waals surface area (Å²) in [6.07, 6.45) is 5.50. The number of esters is 1. The average Bonchev–Trinajstić information content (AvgIpc) is 2.54. The van der Waals surface area contributed by atoms with Gasteiger partial charge in [-0.1, -0.05) is 46.6 Å². The summed E-state index contributed by atoms with van der Waals surface area (Å²) in [6, 6.07) is 3.65. The van der Waals surface area contributed by atoms with Crippen LogP contribution in [0.25, 0.3) is 0 Å². The maximum atomic E-state index is 12.1. The summed E-state index contributed by atoms with van der Waals surface area (Å²) in [5.41, 5.74) is 1.94. The zero-order valence-corrected chi connectivity index (χ0v) is 15.6. The van der Waals surface area contributed by atoms with Gasteiger partial charge in [-0.25, -0.2) is 9.59 Å². The van der Waals surface area contributed by atoms with Gasteiger partial charge in [-0.15, -0.1) is 0 Å². The molecule has 1 aliphatic carbocycles. The van der Waals surface area contributed by atoms with Crippen molar-refractivity contribution in [2.24, 2.45) is 0 Å². The first-order chi connectivity index (χ1) is 11.7. The summed E-state index contributed by atoms with van der Waals surface area (Å²) in [5, 5.41) is 9.73. The fraction of sp³-hybridized carbons (Fsp3) is 0.524. The standard InChI is InChI=1S/C21H28O4/c1-13(2)18-16(19(22)23)11-15(21(5)9-7-6-8-10-21)12-17(18)25-20(24)14(3)4/h11-13H,3,6-10H2,1-2,4-5H3,(H,22,23). The molecular weight excluding hydrogens is 316 g/mol. The molecule has 0 bridgehead atoms. The van der Waals surface area contributed by atoms with E-state index in [9.17, 15) is 14.7 Å². The topological polar surface area (TPSA) is 63.6 Å². The Balaban J connectivity index is 2.62. The van der Waals surface area contributed by atoms with Crippen molar-refractivity contribution in [3.8, 4) is 5.75 Å². The van der Waals surface area contributed by atoms with E-state index < -0.39 is 11.9 Å². The predicted octanol–water partition coefficient (Wildman–Crippen LogP) is 5.21. The number of rotatable bonds is 5. The van der Waals surface area contributed by atoms with Crippen LogP contribution in [0.3, 0.4) is 0 Å². The number of aromatic carboxylic acids is 1. The summed E-state index contributed by atoms with van der Waals surface area (Å²) >= 11 is 0. The molecule has 1 N–H and O–H groups in total. The van der Waals surface area contributed by atoms with E-state index in [-0.39, 0.29) is 16.9 Å². The van der Waals surface area contributed by atoms with Crippen LogP contribution in [-0.4, -0.2) is 17.0 Å². The Morgan fingerprint density at radius 1 is 1.20 bits per heavy atom. The van der Waals surface area contributed by atoms with Crippen LogP contribution in [0, 0.1) is 0 Å². The zero-order chi connectivity index (χ0) is 18.8. The highest BCUT2D eigenvalue weighted by atomic mass is 16.5. The molecule has 4 heteroatoms. The summed E-state index contributed by atoms with van der Waals surface area (Å²) in [5.74, 6) is -1.24. The largest absolute Gasteiger partial charge is 0.478 e.